The van der Waals surface area contributed by atoms with Crippen molar-refractivity contribution in [2.45, 2.75) is 11.5 Å². The molecule has 1 aliphatic rings. The Hall–Kier alpha value is -2.50. The first-order chi connectivity index (χ1) is 12.3. The summed E-state index contributed by atoms with van der Waals surface area (Å²) in [5.74, 6) is -1.30. The van der Waals surface area contributed by atoms with Crippen molar-refractivity contribution in [1.29, 1.82) is 0 Å². The van der Waals surface area contributed by atoms with Crippen molar-refractivity contribution >= 4 is 17.5 Å². The highest BCUT2D eigenvalue weighted by Gasteiger charge is 2.66. The number of quaternary nitrogens is 1. The lowest BCUT2D eigenvalue weighted by Gasteiger charge is -2.41. The number of esters is 1. The molecule has 0 aromatic heterocycles. The fourth-order valence-electron chi connectivity index (χ4n) is 3.96. The highest BCUT2D eigenvalue weighted by Crippen LogP contribution is 2.45. The van der Waals surface area contributed by atoms with E-state index in [0.29, 0.717) is 16.7 Å². The van der Waals surface area contributed by atoms with E-state index in [4.69, 9.17) is 4.74 Å². The number of hydrogen-bond acceptors (Lipinski definition) is 4. The summed E-state index contributed by atoms with van der Waals surface area (Å²) in [5.41, 5.74) is -0.432. The molecule has 0 amide bonds. The monoisotopic (exact) mass is 387 g/mol. The van der Waals surface area contributed by atoms with Crippen LogP contribution in [0.3, 0.4) is 0 Å². The largest absolute Gasteiger partial charge is 1.00 e. The van der Waals surface area contributed by atoms with E-state index in [1.54, 1.807) is 69.7 Å². The Morgan fingerprint density at radius 2 is 1.33 bits per heavy atom. The van der Waals surface area contributed by atoms with Gasteiger partial charge in [-0.15, -0.1) is 0 Å². The molecular weight excluding hydrogens is 366 g/mol. The SMILES string of the molecule is COC(=O)C(C1(c2ccccc2)C(=O)c2ccccc2C1=O)[N+](C)(C)C.[Cl-]. The maximum absolute atomic E-state index is 13.6. The minimum atomic E-state index is -1.64. The zero-order valence-corrected chi connectivity index (χ0v) is 16.5. The minimum absolute atomic E-state index is 0. The van der Waals surface area contributed by atoms with Gasteiger partial charge in [0.2, 0.25) is 6.04 Å². The quantitative estimate of drug-likeness (QED) is 0.394. The summed E-state index contributed by atoms with van der Waals surface area (Å²) < 4.78 is 5.11. The van der Waals surface area contributed by atoms with E-state index in [0.717, 1.165) is 0 Å². The van der Waals surface area contributed by atoms with E-state index in [-0.39, 0.29) is 28.5 Å². The summed E-state index contributed by atoms with van der Waals surface area (Å²) in [6.45, 7) is 0. The number of carbonyl (C=O) groups excluding carboxylic acids is 3. The Bertz CT molecular complexity index is 852. The molecule has 0 saturated carbocycles. The highest BCUT2D eigenvalue weighted by atomic mass is 35.5. The van der Waals surface area contributed by atoms with Gasteiger partial charge >= 0.3 is 5.97 Å². The number of carbonyl (C=O) groups is 3. The van der Waals surface area contributed by atoms with E-state index in [1.165, 1.54) is 7.11 Å². The third-order valence-electron chi connectivity index (χ3n) is 4.97. The number of rotatable bonds is 4. The van der Waals surface area contributed by atoms with Gasteiger partial charge in [0.25, 0.3) is 0 Å². The van der Waals surface area contributed by atoms with Crippen LogP contribution in [0.1, 0.15) is 26.3 Å². The molecule has 0 N–H and O–H groups in total. The van der Waals surface area contributed by atoms with E-state index in [1.807, 2.05) is 6.07 Å². The van der Waals surface area contributed by atoms with Crippen molar-refractivity contribution in [2.75, 3.05) is 28.3 Å². The van der Waals surface area contributed by atoms with Crippen LogP contribution >= 0.6 is 0 Å². The fourth-order valence-corrected chi connectivity index (χ4v) is 3.96. The maximum atomic E-state index is 13.6. The summed E-state index contributed by atoms with van der Waals surface area (Å²) in [6, 6.07) is 14.5. The van der Waals surface area contributed by atoms with Crippen LogP contribution in [0.15, 0.2) is 54.6 Å². The second kappa shape index (κ2) is 7.25. The van der Waals surface area contributed by atoms with Gasteiger partial charge in [0.05, 0.1) is 28.3 Å². The van der Waals surface area contributed by atoms with Crippen molar-refractivity contribution in [3.63, 3.8) is 0 Å². The molecule has 0 heterocycles. The van der Waals surface area contributed by atoms with Crippen molar-refractivity contribution in [1.82, 2.24) is 0 Å². The second-order valence-electron chi connectivity index (χ2n) is 7.42. The smallest absolute Gasteiger partial charge is 0.366 e. The number of nitrogens with zero attached hydrogens (tertiary/aromatic N) is 1. The molecule has 0 spiro atoms. The van der Waals surface area contributed by atoms with Gasteiger partial charge in [-0.2, -0.15) is 0 Å². The molecule has 2 aromatic carbocycles. The molecule has 1 aliphatic carbocycles. The summed E-state index contributed by atoms with van der Waals surface area (Å²) in [4.78, 5) is 40.0. The van der Waals surface area contributed by atoms with Gasteiger partial charge in [-0.3, -0.25) is 9.59 Å². The molecule has 3 rings (SSSR count). The lowest BCUT2D eigenvalue weighted by atomic mass is 9.69. The van der Waals surface area contributed by atoms with Crippen LogP contribution in [0.5, 0.6) is 0 Å². The molecule has 0 bridgehead atoms. The number of ether oxygens (including phenoxy) is 1. The van der Waals surface area contributed by atoms with Gasteiger partial charge in [0.15, 0.2) is 17.0 Å². The van der Waals surface area contributed by atoms with Crippen molar-refractivity contribution < 1.29 is 36.0 Å². The van der Waals surface area contributed by atoms with Crippen LogP contribution in [0.2, 0.25) is 0 Å². The molecule has 2 aromatic rings. The van der Waals surface area contributed by atoms with Crippen molar-refractivity contribution in [2.24, 2.45) is 0 Å². The van der Waals surface area contributed by atoms with E-state index >= 15 is 0 Å². The third kappa shape index (κ3) is 2.97. The van der Waals surface area contributed by atoms with Gasteiger partial charge in [0, 0.05) is 11.1 Å². The molecule has 0 fully saturated rings. The van der Waals surface area contributed by atoms with Gasteiger partial charge in [-0.1, -0.05) is 54.6 Å². The Labute approximate surface area is 164 Å². The average molecular weight is 388 g/mol. The van der Waals surface area contributed by atoms with Gasteiger partial charge in [0.1, 0.15) is 0 Å². The van der Waals surface area contributed by atoms with Crippen molar-refractivity contribution in [3.05, 3.63) is 71.3 Å². The first-order valence-electron chi connectivity index (χ1n) is 8.39. The molecule has 0 aliphatic heterocycles. The number of benzene rings is 2. The number of ketones is 2. The zero-order valence-electron chi connectivity index (χ0n) is 15.7. The van der Waals surface area contributed by atoms with E-state index in [9.17, 15) is 14.4 Å². The first-order valence-corrected chi connectivity index (χ1v) is 8.39. The van der Waals surface area contributed by atoms with Crippen LogP contribution < -0.4 is 12.4 Å². The molecule has 1 unspecified atom stereocenters. The molecule has 5 nitrogen and oxygen atoms in total. The number of likely N-dealkylation sites (N-methyl/N-ethyl adjacent to an activating group) is 1. The normalized spacial score (nSPS) is 16.3. The first kappa shape index (κ1) is 20.8. The lowest BCUT2D eigenvalue weighted by Crippen LogP contribution is -3.00. The fraction of sp³-hybridized carbons (Fsp3) is 0.286. The van der Waals surface area contributed by atoms with E-state index < -0.39 is 17.4 Å². The standard InChI is InChI=1S/C21H22NO4.ClH/c1-22(2,3)17(20(25)26-4)21(14-10-6-5-7-11-14)18(23)15-12-8-9-13-16(15)19(21)24;/h5-13,17H,1-4H3;1H/q+1;/p-1. The number of halogens is 1. The highest BCUT2D eigenvalue weighted by molar-refractivity contribution is 6.34. The van der Waals surface area contributed by atoms with Crippen LogP contribution in [-0.4, -0.2) is 56.3 Å². The van der Waals surface area contributed by atoms with Gasteiger partial charge < -0.3 is 21.6 Å². The van der Waals surface area contributed by atoms with E-state index in [2.05, 4.69) is 0 Å². The van der Waals surface area contributed by atoms with Crippen LogP contribution in [0.4, 0.5) is 0 Å². The summed E-state index contributed by atoms with van der Waals surface area (Å²) >= 11 is 0. The Morgan fingerprint density at radius 3 is 1.74 bits per heavy atom. The number of hydrogen-bond donors (Lipinski definition) is 0. The van der Waals surface area contributed by atoms with Gasteiger partial charge in [-0.25, -0.2) is 4.79 Å². The van der Waals surface area contributed by atoms with Gasteiger partial charge in [-0.05, 0) is 5.56 Å². The molecule has 0 radical (unpaired) electrons. The predicted octanol–water partition coefficient (Wildman–Crippen LogP) is -0.745. The Balaban J connectivity index is 0.00000261. The van der Waals surface area contributed by atoms with Crippen LogP contribution in [0.25, 0.3) is 0 Å². The second-order valence-corrected chi connectivity index (χ2v) is 7.42. The Kier molecular flexibility index (Phi) is 5.59. The lowest BCUT2D eigenvalue weighted by molar-refractivity contribution is -0.889. The molecular formula is C21H22ClNO4. The predicted molar refractivity (Wildman–Crippen MR) is 97.1 cm³/mol. The van der Waals surface area contributed by atoms with Crippen molar-refractivity contribution in [3.8, 4) is 0 Å². The summed E-state index contributed by atoms with van der Waals surface area (Å²) in [7, 11) is 6.64. The molecule has 6 heteroatoms. The summed E-state index contributed by atoms with van der Waals surface area (Å²) in [5, 5.41) is 0. The minimum Gasteiger partial charge on any atom is -1.00 e. The molecule has 142 valence electrons. The maximum Gasteiger partial charge on any atom is 0.366 e. The molecule has 1 atom stereocenters. The average Bonchev–Trinajstić information content (AvgIpc) is 2.84. The number of methoxy groups -OCH3 is 1. The molecule has 27 heavy (non-hydrogen) atoms. The Morgan fingerprint density at radius 1 is 0.889 bits per heavy atom. The van der Waals surface area contributed by atoms with Crippen LogP contribution in [-0.2, 0) is 14.9 Å². The summed E-state index contributed by atoms with van der Waals surface area (Å²) in [6.07, 6.45) is 0. The zero-order chi connectivity index (χ0) is 19.1. The number of Topliss-reactive ketones (excluding diaryl/α,β-unsaturated/α-hetero) is 2. The number of fused-ring (bicyclic) bond motifs is 1. The van der Waals surface area contributed by atoms with Crippen LogP contribution in [0, 0.1) is 0 Å². The molecule has 0 saturated heterocycles. The third-order valence-corrected chi connectivity index (χ3v) is 4.97. The topological polar surface area (TPSA) is 60.4 Å².